The summed E-state index contributed by atoms with van der Waals surface area (Å²) in [5, 5.41) is 12.3. The number of rotatable bonds is 5. The largest absolute Gasteiger partial charge is 0.480 e. The highest BCUT2D eigenvalue weighted by atomic mass is 19.4. The van der Waals surface area contributed by atoms with Gasteiger partial charge in [0.05, 0.1) is 6.54 Å². The maximum atomic E-state index is 11.7. The summed E-state index contributed by atoms with van der Waals surface area (Å²) in [5.74, 6) is -3.17. The van der Waals surface area contributed by atoms with Crippen LogP contribution < -0.4 is 10.6 Å². The molecule has 0 spiro atoms. The summed E-state index contributed by atoms with van der Waals surface area (Å²) >= 11 is 0. The first-order chi connectivity index (χ1) is 8.17. The second-order valence-electron chi connectivity index (χ2n) is 3.96. The Kier molecular flexibility index (Phi) is 3.82. The van der Waals surface area contributed by atoms with Crippen molar-refractivity contribution in [1.82, 2.24) is 10.6 Å². The monoisotopic (exact) mass is 268 g/mol. The van der Waals surface area contributed by atoms with Gasteiger partial charge in [-0.05, 0) is 12.8 Å². The Morgan fingerprint density at radius 3 is 2.11 bits per heavy atom. The third kappa shape index (κ3) is 3.60. The highest BCUT2D eigenvalue weighted by molar-refractivity contribution is 6.05. The van der Waals surface area contributed by atoms with Gasteiger partial charge in [0.2, 0.25) is 11.8 Å². The van der Waals surface area contributed by atoms with Crippen LogP contribution in [0.5, 0.6) is 0 Å². The smallest absolute Gasteiger partial charge is 0.405 e. The van der Waals surface area contributed by atoms with Crippen LogP contribution in [0.1, 0.15) is 12.8 Å². The third-order valence-corrected chi connectivity index (χ3v) is 2.49. The van der Waals surface area contributed by atoms with E-state index in [1.54, 1.807) is 5.32 Å². The second-order valence-corrected chi connectivity index (χ2v) is 3.96. The van der Waals surface area contributed by atoms with Gasteiger partial charge in [-0.2, -0.15) is 13.2 Å². The first-order valence-electron chi connectivity index (χ1n) is 5.02. The molecule has 0 radical (unpaired) electrons. The molecule has 0 atom stereocenters. The lowest BCUT2D eigenvalue weighted by molar-refractivity contribution is -0.149. The topological polar surface area (TPSA) is 95.5 Å². The van der Waals surface area contributed by atoms with Gasteiger partial charge in [0.15, 0.2) is 0 Å². The number of nitrogens with one attached hydrogen (secondary N) is 2. The molecule has 0 aliphatic heterocycles. The fourth-order valence-corrected chi connectivity index (χ4v) is 1.25. The van der Waals surface area contributed by atoms with Crippen molar-refractivity contribution in [3.05, 3.63) is 0 Å². The van der Waals surface area contributed by atoms with E-state index in [0.717, 1.165) is 0 Å². The third-order valence-electron chi connectivity index (χ3n) is 2.49. The van der Waals surface area contributed by atoms with Gasteiger partial charge < -0.3 is 15.7 Å². The van der Waals surface area contributed by atoms with Crippen LogP contribution in [0.3, 0.4) is 0 Å². The van der Waals surface area contributed by atoms with Gasteiger partial charge >= 0.3 is 12.1 Å². The summed E-state index contributed by atoms with van der Waals surface area (Å²) in [5.41, 5.74) is -1.51. The molecule has 0 heterocycles. The van der Waals surface area contributed by atoms with Crippen LogP contribution in [-0.4, -0.2) is 42.2 Å². The van der Waals surface area contributed by atoms with Crippen molar-refractivity contribution in [2.75, 3.05) is 13.1 Å². The Bertz CT molecular complexity index is 376. The molecule has 18 heavy (non-hydrogen) atoms. The first-order valence-corrected chi connectivity index (χ1v) is 5.02. The van der Waals surface area contributed by atoms with Gasteiger partial charge in [0.1, 0.15) is 12.0 Å². The number of amides is 2. The number of halogens is 3. The molecule has 1 fully saturated rings. The number of hydrogen-bond donors (Lipinski definition) is 3. The van der Waals surface area contributed by atoms with Gasteiger partial charge in [0.25, 0.3) is 0 Å². The summed E-state index contributed by atoms with van der Waals surface area (Å²) in [6, 6.07) is 0. The lowest BCUT2D eigenvalue weighted by Crippen LogP contribution is -2.44. The van der Waals surface area contributed by atoms with Crippen molar-refractivity contribution in [2.45, 2.75) is 19.0 Å². The molecule has 1 rings (SSSR count). The lowest BCUT2D eigenvalue weighted by atomic mass is 10.1. The number of aliphatic carboxylic acids is 1. The second kappa shape index (κ2) is 4.83. The van der Waals surface area contributed by atoms with E-state index in [9.17, 15) is 27.6 Å². The van der Waals surface area contributed by atoms with Crippen LogP contribution >= 0.6 is 0 Å². The van der Waals surface area contributed by atoms with Crippen molar-refractivity contribution in [3.63, 3.8) is 0 Å². The zero-order chi connectivity index (χ0) is 14.0. The molecule has 6 nitrogen and oxygen atoms in total. The van der Waals surface area contributed by atoms with E-state index in [4.69, 9.17) is 5.11 Å². The SMILES string of the molecule is O=C(CNC(=O)C1(C(=O)O)CC1)NCC(F)(F)F. The average molecular weight is 268 g/mol. The van der Waals surface area contributed by atoms with E-state index in [1.165, 1.54) is 0 Å². The Balaban J connectivity index is 2.31. The Morgan fingerprint density at radius 1 is 1.17 bits per heavy atom. The number of carboxylic acid groups (broad SMARTS) is 1. The van der Waals surface area contributed by atoms with Crippen LogP contribution in [0.4, 0.5) is 13.2 Å². The van der Waals surface area contributed by atoms with E-state index < -0.39 is 42.5 Å². The van der Waals surface area contributed by atoms with Gasteiger partial charge in [-0.1, -0.05) is 0 Å². The molecular formula is C9H11F3N2O4. The first kappa shape index (κ1) is 14.3. The summed E-state index contributed by atoms with van der Waals surface area (Å²) in [6.45, 7) is -2.17. The summed E-state index contributed by atoms with van der Waals surface area (Å²) in [6.07, 6.45) is -4.20. The fraction of sp³-hybridized carbons (Fsp3) is 0.667. The van der Waals surface area contributed by atoms with E-state index in [1.807, 2.05) is 5.32 Å². The van der Waals surface area contributed by atoms with Crippen LogP contribution in [0.2, 0.25) is 0 Å². The number of carbonyl (C=O) groups is 3. The van der Waals surface area contributed by atoms with E-state index in [2.05, 4.69) is 0 Å². The molecule has 1 aliphatic rings. The Labute approximate surface area is 99.5 Å². The minimum absolute atomic E-state index is 0.165. The van der Waals surface area contributed by atoms with Crippen LogP contribution in [-0.2, 0) is 14.4 Å². The fourth-order valence-electron chi connectivity index (χ4n) is 1.25. The van der Waals surface area contributed by atoms with Crippen molar-refractivity contribution in [2.24, 2.45) is 5.41 Å². The van der Waals surface area contributed by atoms with E-state index >= 15 is 0 Å². The number of carboxylic acids is 1. The molecule has 0 aromatic heterocycles. The average Bonchev–Trinajstić information content (AvgIpc) is 3.02. The van der Waals surface area contributed by atoms with Crippen molar-refractivity contribution in [3.8, 4) is 0 Å². The molecule has 0 bridgehead atoms. The van der Waals surface area contributed by atoms with E-state index in [0.29, 0.717) is 0 Å². The molecule has 3 N–H and O–H groups in total. The predicted molar refractivity (Wildman–Crippen MR) is 51.4 cm³/mol. The standard InChI is InChI=1S/C9H11F3N2O4/c10-9(11,12)4-14-5(15)3-13-6(16)8(1-2-8)7(17)18/h1-4H2,(H,13,16)(H,14,15)(H,17,18). The number of hydrogen-bond acceptors (Lipinski definition) is 3. The van der Waals surface area contributed by atoms with Crippen LogP contribution in [0.25, 0.3) is 0 Å². The highest BCUT2D eigenvalue weighted by Gasteiger charge is 2.57. The predicted octanol–water partition coefficient (Wildman–Crippen LogP) is -0.354. The molecule has 1 aliphatic carbocycles. The maximum Gasteiger partial charge on any atom is 0.405 e. The zero-order valence-corrected chi connectivity index (χ0v) is 9.13. The molecule has 0 unspecified atom stereocenters. The minimum Gasteiger partial charge on any atom is -0.480 e. The summed E-state index contributed by atoms with van der Waals surface area (Å²) in [7, 11) is 0. The number of carbonyl (C=O) groups excluding carboxylic acids is 2. The van der Waals surface area contributed by atoms with Crippen LogP contribution in [0, 0.1) is 5.41 Å². The molecule has 9 heteroatoms. The lowest BCUT2D eigenvalue weighted by Gasteiger charge is -2.11. The molecule has 102 valence electrons. The molecule has 2 amide bonds. The molecule has 0 saturated heterocycles. The van der Waals surface area contributed by atoms with Crippen molar-refractivity contribution in [1.29, 1.82) is 0 Å². The zero-order valence-electron chi connectivity index (χ0n) is 9.13. The van der Waals surface area contributed by atoms with Gasteiger partial charge in [0, 0.05) is 0 Å². The Morgan fingerprint density at radius 2 is 1.72 bits per heavy atom. The van der Waals surface area contributed by atoms with Gasteiger partial charge in [-0.25, -0.2) is 0 Å². The highest BCUT2D eigenvalue weighted by Crippen LogP contribution is 2.45. The summed E-state index contributed by atoms with van der Waals surface area (Å²) < 4.78 is 35.2. The maximum absolute atomic E-state index is 11.7. The Hall–Kier alpha value is -1.80. The normalized spacial score (nSPS) is 16.8. The molecule has 0 aromatic rings. The molecule has 0 aromatic carbocycles. The quantitative estimate of drug-likeness (QED) is 0.594. The van der Waals surface area contributed by atoms with Crippen molar-refractivity contribution < 1.29 is 32.7 Å². The van der Waals surface area contributed by atoms with Gasteiger partial charge in [-0.3, -0.25) is 14.4 Å². The summed E-state index contributed by atoms with van der Waals surface area (Å²) in [4.78, 5) is 33.0. The molecular weight excluding hydrogens is 257 g/mol. The minimum atomic E-state index is -4.53. The van der Waals surface area contributed by atoms with Gasteiger partial charge in [-0.15, -0.1) is 0 Å². The van der Waals surface area contributed by atoms with Crippen molar-refractivity contribution >= 4 is 17.8 Å². The number of alkyl halides is 3. The molecule has 1 saturated carbocycles. The van der Waals surface area contributed by atoms with E-state index in [-0.39, 0.29) is 12.8 Å². The van der Waals surface area contributed by atoms with Crippen LogP contribution in [0.15, 0.2) is 0 Å².